The van der Waals surface area contributed by atoms with Gasteiger partial charge < -0.3 is 15.5 Å². The van der Waals surface area contributed by atoms with E-state index in [4.69, 9.17) is 0 Å². The number of nitrogens with one attached hydrogen (secondary N) is 2. The molecule has 1 aromatic rings. The van der Waals surface area contributed by atoms with Crippen LogP contribution in [0.1, 0.15) is 10.4 Å². The largest absolute Gasteiger partial charge is 0.368 e. The van der Waals surface area contributed by atoms with Gasteiger partial charge >= 0.3 is 0 Å². The summed E-state index contributed by atoms with van der Waals surface area (Å²) >= 11 is 0. The molecule has 0 aromatic heterocycles. The predicted molar refractivity (Wildman–Crippen MR) is 86.8 cm³/mol. The van der Waals surface area contributed by atoms with Crippen LogP contribution in [-0.2, 0) is 0 Å². The minimum absolute atomic E-state index is 0.168. The van der Waals surface area contributed by atoms with Gasteiger partial charge in [-0.05, 0) is 24.9 Å². The molecule has 5 heteroatoms. The van der Waals surface area contributed by atoms with Gasteiger partial charge in [0.2, 0.25) is 0 Å². The molecule has 1 saturated heterocycles. The quantitative estimate of drug-likeness (QED) is 0.637. The summed E-state index contributed by atoms with van der Waals surface area (Å²) in [5.41, 5.74) is 2.13. The van der Waals surface area contributed by atoms with Crippen molar-refractivity contribution in [3.05, 3.63) is 54.4 Å². The Labute approximate surface area is 125 Å². The molecule has 110 valence electrons. The number of carbonyl (C=O) groups excluding carboxylic acids is 1. The van der Waals surface area contributed by atoms with Gasteiger partial charge in [0.25, 0.3) is 5.91 Å². The smallest absolute Gasteiger partial charge is 0.257 e. The second-order valence-corrected chi connectivity index (χ2v) is 4.68. The number of anilines is 1. The molecule has 2 rings (SSSR count). The van der Waals surface area contributed by atoms with E-state index in [0.29, 0.717) is 11.3 Å². The fourth-order valence-corrected chi connectivity index (χ4v) is 2.28. The second kappa shape index (κ2) is 7.40. The fraction of sp³-hybridized carbons (Fsp3) is 0.250. The molecule has 0 saturated carbocycles. The number of rotatable bonds is 5. The number of carbonyl (C=O) groups is 1. The van der Waals surface area contributed by atoms with Crippen LogP contribution in [0.25, 0.3) is 0 Å². The Bertz CT molecular complexity index is 559. The van der Waals surface area contributed by atoms with Crippen molar-refractivity contribution >= 4 is 18.3 Å². The number of allylic oxidation sites excluding steroid dienone is 1. The van der Waals surface area contributed by atoms with E-state index in [1.54, 1.807) is 6.08 Å². The number of amides is 1. The lowest BCUT2D eigenvalue weighted by Crippen LogP contribution is -2.44. The third kappa shape index (κ3) is 3.79. The van der Waals surface area contributed by atoms with Crippen molar-refractivity contribution in [2.75, 3.05) is 31.1 Å². The van der Waals surface area contributed by atoms with Crippen LogP contribution in [0.4, 0.5) is 5.69 Å². The van der Waals surface area contributed by atoms with Crippen molar-refractivity contribution < 1.29 is 4.79 Å². The Morgan fingerprint density at radius 1 is 1.33 bits per heavy atom. The van der Waals surface area contributed by atoms with Gasteiger partial charge in [-0.15, -0.1) is 0 Å². The maximum Gasteiger partial charge on any atom is 0.257 e. The number of piperazine rings is 1. The highest BCUT2D eigenvalue weighted by Crippen LogP contribution is 2.21. The van der Waals surface area contributed by atoms with Crippen LogP contribution >= 0.6 is 0 Å². The van der Waals surface area contributed by atoms with Gasteiger partial charge in [0, 0.05) is 38.1 Å². The second-order valence-electron chi connectivity index (χ2n) is 4.68. The highest BCUT2D eigenvalue weighted by Gasteiger charge is 2.18. The van der Waals surface area contributed by atoms with E-state index in [2.05, 4.69) is 33.8 Å². The standard InChI is InChI=1S/C16H20N4O/c1-3-13(12-17-2)19-16(21)14-6-4-5-7-15(14)20-10-8-18-9-11-20/h3-7,12,18H,1-2,8-11H2,(H,19,21)/b13-12+. The van der Waals surface area contributed by atoms with Gasteiger partial charge in [-0.25, -0.2) is 0 Å². The maximum absolute atomic E-state index is 12.4. The molecular formula is C16H20N4O. The lowest BCUT2D eigenvalue weighted by Gasteiger charge is -2.30. The average molecular weight is 284 g/mol. The predicted octanol–water partition coefficient (Wildman–Crippen LogP) is 1.55. The Kier molecular flexibility index (Phi) is 5.29. The van der Waals surface area contributed by atoms with Gasteiger partial charge in [0.05, 0.1) is 11.3 Å². The van der Waals surface area contributed by atoms with Gasteiger partial charge in [-0.2, -0.15) is 0 Å². The normalized spacial score (nSPS) is 15.4. The van der Waals surface area contributed by atoms with Gasteiger partial charge in [0.15, 0.2) is 0 Å². The summed E-state index contributed by atoms with van der Waals surface area (Å²) in [6.07, 6.45) is 3.01. The van der Waals surface area contributed by atoms with Crippen molar-refractivity contribution in [3.63, 3.8) is 0 Å². The summed E-state index contributed by atoms with van der Waals surface area (Å²) in [6.45, 7) is 10.7. The fourth-order valence-electron chi connectivity index (χ4n) is 2.28. The summed E-state index contributed by atoms with van der Waals surface area (Å²) in [7, 11) is 0. The minimum Gasteiger partial charge on any atom is -0.368 e. The van der Waals surface area contributed by atoms with E-state index < -0.39 is 0 Å². The lowest BCUT2D eigenvalue weighted by molar-refractivity contribution is 0.0967. The van der Waals surface area contributed by atoms with Crippen molar-refractivity contribution in [2.24, 2.45) is 4.99 Å². The summed E-state index contributed by atoms with van der Waals surface area (Å²) in [4.78, 5) is 18.3. The molecular weight excluding hydrogens is 264 g/mol. The van der Waals surface area contributed by atoms with Crippen LogP contribution in [-0.4, -0.2) is 38.8 Å². The molecule has 0 aliphatic carbocycles. The monoisotopic (exact) mass is 284 g/mol. The molecule has 0 atom stereocenters. The number of aliphatic imine (C=N–C) groups is 1. The zero-order valence-corrected chi connectivity index (χ0v) is 12.0. The van der Waals surface area contributed by atoms with Crippen molar-refractivity contribution in [1.29, 1.82) is 0 Å². The molecule has 1 aromatic carbocycles. The molecule has 0 bridgehead atoms. The zero-order chi connectivity index (χ0) is 15.1. The summed E-state index contributed by atoms with van der Waals surface area (Å²) < 4.78 is 0. The molecule has 0 radical (unpaired) electrons. The van der Waals surface area contributed by atoms with Crippen LogP contribution in [0.15, 0.2) is 53.8 Å². The number of nitrogens with zero attached hydrogens (tertiary/aromatic N) is 2. The third-order valence-electron chi connectivity index (χ3n) is 3.31. The first-order valence-corrected chi connectivity index (χ1v) is 6.90. The summed E-state index contributed by atoms with van der Waals surface area (Å²) in [6, 6.07) is 7.62. The number of para-hydroxylation sites is 1. The van der Waals surface area contributed by atoms with E-state index in [1.807, 2.05) is 24.3 Å². The first kappa shape index (κ1) is 15.0. The van der Waals surface area contributed by atoms with E-state index in [1.165, 1.54) is 6.20 Å². The zero-order valence-electron chi connectivity index (χ0n) is 12.0. The van der Waals surface area contributed by atoms with Gasteiger partial charge in [0.1, 0.15) is 0 Å². The Morgan fingerprint density at radius 3 is 2.71 bits per heavy atom. The molecule has 21 heavy (non-hydrogen) atoms. The summed E-state index contributed by atoms with van der Waals surface area (Å²) in [5.74, 6) is -0.168. The third-order valence-corrected chi connectivity index (χ3v) is 3.31. The molecule has 0 unspecified atom stereocenters. The van der Waals surface area contributed by atoms with Crippen LogP contribution in [0.5, 0.6) is 0 Å². The van der Waals surface area contributed by atoms with E-state index in [9.17, 15) is 4.79 Å². The SMILES string of the molecule is C=C/C(=C\N=C)NC(=O)c1ccccc1N1CCNCC1. The van der Waals surface area contributed by atoms with Crippen molar-refractivity contribution in [3.8, 4) is 0 Å². The van der Waals surface area contributed by atoms with E-state index in [-0.39, 0.29) is 5.91 Å². The Hall–Kier alpha value is -2.40. The molecule has 1 amide bonds. The van der Waals surface area contributed by atoms with Crippen LogP contribution in [0.2, 0.25) is 0 Å². The number of hydrogen-bond acceptors (Lipinski definition) is 4. The highest BCUT2D eigenvalue weighted by atomic mass is 16.1. The van der Waals surface area contributed by atoms with Gasteiger partial charge in [-0.3, -0.25) is 9.79 Å². The maximum atomic E-state index is 12.4. The topological polar surface area (TPSA) is 56.7 Å². The highest BCUT2D eigenvalue weighted by molar-refractivity contribution is 6.00. The summed E-state index contributed by atoms with van der Waals surface area (Å²) in [5, 5.41) is 6.10. The average Bonchev–Trinajstić information content (AvgIpc) is 2.55. The molecule has 1 heterocycles. The minimum atomic E-state index is -0.168. The molecule has 2 N–H and O–H groups in total. The molecule has 5 nitrogen and oxygen atoms in total. The molecule has 1 aliphatic heterocycles. The van der Waals surface area contributed by atoms with E-state index in [0.717, 1.165) is 31.9 Å². The van der Waals surface area contributed by atoms with Crippen molar-refractivity contribution in [2.45, 2.75) is 0 Å². The first-order valence-electron chi connectivity index (χ1n) is 6.90. The first-order chi connectivity index (χ1) is 10.3. The lowest BCUT2D eigenvalue weighted by atomic mass is 10.1. The van der Waals surface area contributed by atoms with Crippen molar-refractivity contribution in [1.82, 2.24) is 10.6 Å². The Balaban J connectivity index is 2.22. The van der Waals surface area contributed by atoms with Crippen LogP contribution < -0.4 is 15.5 Å². The number of hydrogen-bond donors (Lipinski definition) is 2. The van der Waals surface area contributed by atoms with Crippen LogP contribution in [0.3, 0.4) is 0 Å². The molecule has 1 aliphatic rings. The Morgan fingerprint density at radius 2 is 2.05 bits per heavy atom. The number of benzene rings is 1. The molecule has 0 spiro atoms. The van der Waals surface area contributed by atoms with E-state index >= 15 is 0 Å². The van der Waals surface area contributed by atoms with Gasteiger partial charge in [-0.1, -0.05) is 18.7 Å². The molecule has 1 fully saturated rings. The van der Waals surface area contributed by atoms with Crippen LogP contribution in [0, 0.1) is 0 Å².